The molecule has 1 rings (SSSR count). The van der Waals surface area contributed by atoms with Gasteiger partial charge in [0, 0.05) is 11.9 Å². The maximum Gasteiger partial charge on any atom is 0.311 e. The molecule has 1 aromatic rings. The fourth-order valence-corrected chi connectivity index (χ4v) is 1.96. The number of carbonyl (C=O) groups excluding carboxylic acids is 1. The number of nitro benzene ring substituents is 1. The molecule has 0 spiro atoms. The van der Waals surface area contributed by atoms with Crippen LogP contribution in [0, 0.1) is 10.1 Å². The van der Waals surface area contributed by atoms with Gasteiger partial charge in [0.25, 0.3) is 5.91 Å². The first-order valence-corrected chi connectivity index (χ1v) is 7.20. The molecule has 1 unspecified atom stereocenters. The lowest BCUT2D eigenvalue weighted by molar-refractivity contribution is -0.385. The zero-order chi connectivity index (χ0) is 16.0. The highest BCUT2D eigenvalue weighted by Crippen LogP contribution is 2.31. The lowest BCUT2D eigenvalue weighted by atomic mass is 10.0. The van der Waals surface area contributed by atoms with Gasteiger partial charge in [0.05, 0.1) is 22.6 Å². The maximum absolute atomic E-state index is 12.4. The van der Waals surface area contributed by atoms with Crippen LogP contribution in [0.25, 0.3) is 0 Å². The molecule has 7 heteroatoms. The molecule has 0 heterocycles. The smallest absolute Gasteiger partial charge is 0.311 e. The average Bonchev–Trinajstić information content (AvgIpc) is 2.47. The summed E-state index contributed by atoms with van der Waals surface area (Å²) in [4.78, 5) is 22.9. The Morgan fingerprint density at radius 3 is 2.62 bits per heavy atom. The Morgan fingerprint density at radius 1 is 1.48 bits per heavy atom. The molecular weight excluding hydrogens is 296 g/mol. The van der Waals surface area contributed by atoms with Crippen LogP contribution >= 0.6 is 11.6 Å². The van der Waals surface area contributed by atoms with E-state index >= 15 is 0 Å². The number of amides is 1. The van der Waals surface area contributed by atoms with Gasteiger partial charge in [-0.05, 0) is 26.3 Å². The van der Waals surface area contributed by atoms with Gasteiger partial charge in [-0.2, -0.15) is 0 Å². The minimum atomic E-state index is -0.577. The molecule has 21 heavy (non-hydrogen) atoms. The lowest BCUT2D eigenvalue weighted by Crippen LogP contribution is -2.47. The zero-order valence-electron chi connectivity index (χ0n) is 12.3. The highest BCUT2D eigenvalue weighted by atomic mass is 35.5. The van der Waals surface area contributed by atoms with Crippen molar-refractivity contribution >= 4 is 23.2 Å². The second-order valence-electron chi connectivity index (χ2n) is 4.85. The lowest BCUT2D eigenvalue weighted by Gasteiger charge is -2.27. The van der Waals surface area contributed by atoms with Crippen molar-refractivity contribution in [3.8, 4) is 5.75 Å². The van der Waals surface area contributed by atoms with Crippen LogP contribution in [0.4, 0.5) is 5.69 Å². The van der Waals surface area contributed by atoms with Gasteiger partial charge in [-0.25, -0.2) is 0 Å². The quantitative estimate of drug-likeness (QED) is 0.476. The second-order valence-corrected chi connectivity index (χ2v) is 5.11. The highest BCUT2D eigenvalue weighted by molar-refractivity contribution is 6.19. The van der Waals surface area contributed by atoms with E-state index in [4.69, 9.17) is 16.3 Å². The van der Waals surface area contributed by atoms with Gasteiger partial charge in [0.15, 0.2) is 0 Å². The zero-order valence-corrected chi connectivity index (χ0v) is 13.1. The second kappa shape index (κ2) is 7.26. The minimum Gasteiger partial charge on any atom is -0.487 e. The van der Waals surface area contributed by atoms with Crippen molar-refractivity contribution in [2.24, 2.45) is 0 Å². The Balaban J connectivity index is 3.20. The van der Waals surface area contributed by atoms with E-state index in [9.17, 15) is 14.9 Å². The van der Waals surface area contributed by atoms with Crippen molar-refractivity contribution in [3.05, 3.63) is 33.9 Å². The number of benzene rings is 1. The molecule has 0 saturated heterocycles. The van der Waals surface area contributed by atoms with Gasteiger partial charge in [0.1, 0.15) is 0 Å². The van der Waals surface area contributed by atoms with Crippen LogP contribution in [-0.2, 0) is 0 Å². The van der Waals surface area contributed by atoms with Crippen molar-refractivity contribution in [3.63, 3.8) is 0 Å². The molecule has 0 bridgehead atoms. The summed E-state index contributed by atoms with van der Waals surface area (Å²) in [7, 11) is 0. The molecule has 0 aliphatic heterocycles. The number of halogens is 1. The van der Waals surface area contributed by atoms with Crippen molar-refractivity contribution < 1.29 is 14.5 Å². The normalized spacial score (nSPS) is 13.3. The van der Waals surface area contributed by atoms with Gasteiger partial charge < -0.3 is 10.1 Å². The number of alkyl halides is 1. The topological polar surface area (TPSA) is 81.5 Å². The van der Waals surface area contributed by atoms with E-state index in [0.29, 0.717) is 6.42 Å². The molecule has 0 aliphatic carbocycles. The third-order valence-corrected chi connectivity index (χ3v) is 3.80. The first-order valence-electron chi connectivity index (χ1n) is 6.67. The number of carbonyl (C=O) groups is 1. The fourth-order valence-electron chi connectivity index (χ4n) is 1.70. The number of nitrogens with one attached hydrogen (secondary N) is 1. The number of ether oxygens (including phenoxy) is 1. The number of nitrogens with zero attached hydrogens (tertiary/aromatic N) is 1. The van der Waals surface area contributed by atoms with Crippen molar-refractivity contribution in [1.29, 1.82) is 0 Å². The molecule has 116 valence electrons. The molecular formula is C14H19ClN2O4. The SMILES string of the molecule is CCOc1c(C(=O)NC(C)(CC)CCl)cccc1[N+](=O)[O-]. The largest absolute Gasteiger partial charge is 0.487 e. The van der Waals surface area contributed by atoms with Gasteiger partial charge in [-0.3, -0.25) is 14.9 Å². The number of hydrogen-bond donors (Lipinski definition) is 1. The predicted molar refractivity (Wildman–Crippen MR) is 81.1 cm³/mol. The molecule has 1 aromatic carbocycles. The first-order chi connectivity index (χ1) is 9.88. The number of para-hydroxylation sites is 1. The van der Waals surface area contributed by atoms with Crippen LogP contribution in [0.2, 0.25) is 0 Å². The van der Waals surface area contributed by atoms with Gasteiger partial charge in [-0.1, -0.05) is 13.0 Å². The van der Waals surface area contributed by atoms with E-state index < -0.39 is 16.4 Å². The van der Waals surface area contributed by atoms with Gasteiger partial charge in [-0.15, -0.1) is 11.6 Å². The van der Waals surface area contributed by atoms with Crippen LogP contribution in [-0.4, -0.2) is 28.9 Å². The minimum absolute atomic E-state index is 0.0180. The summed E-state index contributed by atoms with van der Waals surface area (Å²) in [5.41, 5.74) is -0.670. The molecule has 0 fully saturated rings. The molecule has 1 amide bonds. The van der Waals surface area contributed by atoms with E-state index in [0.717, 1.165) is 0 Å². The summed E-state index contributed by atoms with van der Waals surface area (Å²) in [6, 6.07) is 4.26. The number of nitro groups is 1. The van der Waals surface area contributed by atoms with E-state index in [-0.39, 0.29) is 29.5 Å². The van der Waals surface area contributed by atoms with Crippen molar-refractivity contribution in [2.45, 2.75) is 32.7 Å². The molecule has 0 aliphatic rings. The standard InChI is InChI=1S/C14H19ClN2O4/c1-4-14(3,9-15)16-13(18)10-7-6-8-11(17(19)20)12(10)21-5-2/h6-8H,4-5,9H2,1-3H3,(H,16,18). The summed E-state index contributed by atoms with van der Waals surface area (Å²) in [5, 5.41) is 13.8. The average molecular weight is 315 g/mol. The Labute approximate surface area is 128 Å². The van der Waals surface area contributed by atoms with Gasteiger partial charge >= 0.3 is 5.69 Å². The summed E-state index contributed by atoms with van der Waals surface area (Å²) in [5.74, 6) is -0.212. The Bertz CT molecular complexity index is 530. The van der Waals surface area contributed by atoms with E-state index in [1.54, 1.807) is 6.92 Å². The summed E-state index contributed by atoms with van der Waals surface area (Å²) in [6.45, 7) is 5.65. The van der Waals surface area contributed by atoms with Crippen molar-refractivity contribution in [1.82, 2.24) is 5.32 Å². The number of rotatable bonds is 7. The molecule has 0 aromatic heterocycles. The summed E-state index contributed by atoms with van der Waals surface area (Å²) in [6.07, 6.45) is 0.640. The van der Waals surface area contributed by atoms with E-state index in [1.165, 1.54) is 18.2 Å². The Hall–Kier alpha value is -1.82. The van der Waals surface area contributed by atoms with Crippen LogP contribution in [0.3, 0.4) is 0 Å². The monoisotopic (exact) mass is 314 g/mol. The first kappa shape index (κ1) is 17.2. The Kier molecular flexibility index (Phi) is 5.96. The van der Waals surface area contributed by atoms with Gasteiger partial charge in [0.2, 0.25) is 5.75 Å². The molecule has 6 nitrogen and oxygen atoms in total. The number of hydrogen-bond acceptors (Lipinski definition) is 4. The van der Waals surface area contributed by atoms with Crippen molar-refractivity contribution in [2.75, 3.05) is 12.5 Å². The molecule has 0 radical (unpaired) electrons. The van der Waals surface area contributed by atoms with Crippen LogP contribution in [0.1, 0.15) is 37.6 Å². The fraction of sp³-hybridized carbons (Fsp3) is 0.500. The van der Waals surface area contributed by atoms with E-state index in [1.807, 2.05) is 13.8 Å². The summed E-state index contributed by atoms with van der Waals surface area (Å²) < 4.78 is 5.30. The van der Waals surface area contributed by atoms with Crippen LogP contribution in [0.5, 0.6) is 5.75 Å². The third kappa shape index (κ3) is 4.07. The maximum atomic E-state index is 12.4. The molecule has 1 N–H and O–H groups in total. The Morgan fingerprint density at radius 2 is 2.14 bits per heavy atom. The highest BCUT2D eigenvalue weighted by Gasteiger charge is 2.28. The molecule has 1 atom stereocenters. The molecule has 0 saturated carbocycles. The third-order valence-electron chi connectivity index (χ3n) is 3.21. The van der Waals surface area contributed by atoms with E-state index in [2.05, 4.69) is 5.32 Å². The summed E-state index contributed by atoms with van der Waals surface area (Å²) >= 11 is 5.87. The predicted octanol–water partition coefficient (Wildman–Crippen LogP) is 3.13. The van der Waals surface area contributed by atoms with Crippen LogP contribution in [0.15, 0.2) is 18.2 Å². The van der Waals surface area contributed by atoms with Crippen LogP contribution < -0.4 is 10.1 Å².